The molecule has 0 amide bonds. The Labute approximate surface area is 138 Å². The zero-order valence-corrected chi connectivity index (χ0v) is 14.3. The van der Waals surface area contributed by atoms with E-state index in [1.807, 2.05) is 19.1 Å². The van der Waals surface area contributed by atoms with Gasteiger partial charge in [0, 0.05) is 6.07 Å². The van der Waals surface area contributed by atoms with Crippen LogP contribution in [-0.4, -0.2) is 30.3 Å². The Kier molecular flexibility index (Phi) is 5.01. The van der Waals surface area contributed by atoms with Gasteiger partial charge >= 0.3 is 0 Å². The quantitative estimate of drug-likeness (QED) is 0.836. The van der Waals surface area contributed by atoms with Crippen LogP contribution in [0.25, 0.3) is 0 Å². The second-order valence-corrected chi connectivity index (χ2v) is 6.57. The number of benzene rings is 1. The number of methoxy groups -OCH3 is 1. The number of aromatic nitrogens is 1. The van der Waals surface area contributed by atoms with Crippen molar-refractivity contribution in [3.63, 3.8) is 0 Å². The van der Waals surface area contributed by atoms with Crippen LogP contribution in [0.3, 0.4) is 0 Å². The lowest BCUT2D eigenvalue weighted by atomic mass is 9.89. The molecule has 1 aromatic heterocycles. The highest BCUT2D eigenvalue weighted by Gasteiger charge is 2.25. The Bertz CT molecular complexity index is 630. The molecule has 1 fully saturated rings. The number of nitrogens with zero attached hydrogens (tertiary/aromatic N) is 2. The van der Waals surface area contributed by atoms with Crippen molar-refractivity contribution in [1.29, 1.82) is 0 Å². The van der Waals surface area contributed by atoms with Crippen LogP contribution in [0.5, 0.6) is 5.75 Å². The molecule has 124 valence electrons. The molecule has 1 aromatic carbocycles. The Morgan fingerprint density at radius 3 is 2.74 bits per heavy atom. The highest BCUT2D eigenvalue weighted by Crippen LogP contribution is 2.28. The second-order valence-electron chi connectivity index (χ2n) is 6.57. The predicted molar refractivity (Wildman–Crippen MR) is 90.7 cm³/mol. The van der Waals surface area contributed by atoms with Crippen molar-refractivity contribution in [2.75, 3.05) is 20.2 Å². The molecule has 2 heterocycles. The molecular weight excluding hydrogens is 288 g/mol. The van der Waals surface area contributed by atoms with Crippen LogP contribution in [0.2, 0.25) is 0 Å². The van der Waals surface area contributed by atoms with Crippen LogP contribution < -0.4 is 4.74 Å². The molecule has 1 atom stereocenters. The van der Waals surface area contributed by atoms with Gasteiger partial charge in [-0.3, -0.25) is 4.90 Å². The number of ether oxygens (including phenoxy) is 1. The molecule has 0 radical (unpaired) electrons. The van der Waals surface area contributed by atoms with Crippen molar-refractivity contribution in [3.8, 4) is 5.75 Å². The van der Waals surface area contributed by atoms with E-state index in [9.17, 15) is 0 Å². The van der Waals surface area contributed by atoms with Gasteiger partial charge in [-0.05, 0) is 69.8 Å². The normalized spacial score (nSPS) is 18.0. The van der Waals surface area contributed by atoms with Gasteiger partial charge in [0.2, 0.25) is 0 Å². The lowest BCUT2D eigenvalue weighted by Gasteiger charge is -2.35. The van der Waals surface area contributed by atoms with E-state index in [2.05, 4.69) is 35.2 Å². The highest BCUT2D eigenvalue weighted by molar-refractivity contribution is 5.28. The summed E-state index contributed by atoms with van der Waals surface area (Å²) in [6.45, 7) is 6.42. The molecule has 0 bridgehead atoms. The van der Waals surface area contributed by atoms with Gasteiger partial charge in [-0.2, -0.15) is 0 Å². The molecule has 0 N–H and O–H groups in total. The summed E-state index contributed by atoms with van der Waals surface area (Å²) in [7, 11) is 1.73. The monoisotopic (exact) mass is 314 g/mol. The van der Waals surface area contributed by atoms with Crippen LogP contribution in [0.1, 0.15) is 42.8 Å². The molecule has 0 aliphatic carbocycles. The number of hydrogen-bond donors (Lipinski definition) is 0. The van der Waals surface area contributed by atoms with Crippen molar-refractivity contribution in [1.82, 2.24) is 10.1 Å². The van der Waals surface area contributed by atoms with Crippen molar-refractivity contribution in [3.05, 3.63) is 47.3 Å². The summed E-state index contributed by atoms with van der Waals surface area (Å²) < 4.78 is 10.5. The minimum absolute atomic E-state index is 0.338. The molecule has 3 rings (SSSR count). The maximum Gasteiger partial charge on any atom is 0.133 e. The van der Waals surface area contributed by atoms with Crippen molar-refractivity contribution in [2.24, 2.45) is 5.92 Å². The summed E-state index contributed by atoms with van der Waals surface area (Å²) in [5, 5.41) is 4.17. The van der Waals surface area contributed by atoms with Crippen molar-refractivity contribution >= 4 is 0 Å². The lowest BCUT2D eigenvalue weighted by molar-refractivity contribution is 0.136. The van der Waals surface area contributed by atoms with E-state index in [1.54, 1.807) is 7.11 Å². The minimum Gasteiger partial charge on any atom is -0.497 e. The molecule has 0 saturated carbocycles. The zero-order valence-electron chi connectivity index (χ0n) is 14.3. The van der Waals surface area contributed by atoms with Crippen LogP contribution >= 0.6 is 0 Å². The number of hydrogen-bond acceptors (Lipinski definition) is 4. The molecule has 1 aliphatic rings. The Morgan fingerprint density at radius 1 is 1.30 bits per heavy atom. The van der Waals surface area contributed by atoms with Gasteiger partial charge < -0.3 is 9.26 Å². The first-order valence-electron chi connectivity index (χ1n) is 8.46. The third kappa shape index (κ3) is 3.94. The third-order valence-corrected chi connectivity index (χ3v) is 4.93. The van der Waals surface area contributed by atoms with Gasteiger partial charge in [0.15, 0.2) is 0 Å². The van der Waals surface area contributed by atoms with Gasteiger partial charge in [0.1, 0.15) is 17.2 Å². The van der Waals surface area contributed by atoms with Gasteiger partial charge in [-0.15, -0.1) is 0 Å². The largest absolute Gasteiger partial charge is 0.497 e. The van der Waals surface area contributed by atoms with Crippen molar-refractivity contribution in [2.45, 2.75) is 39.2 Å². The summed E-state index contributed by atoms with van der Waals surface area (Å²) in [4.78, 5) is 2.51. The first-order valence-corrected chi connectivity index (χ1v) is 8.46. The summed E-state index contributed by atoms with van der Waals surface area (Å²) in [6.07, 6.45) is 3.61. The average molecular weight is 314 g/mol. The van der Waals surface area contributed by atoms with Crippen LogP contribution in [-0.2, 0) is 6.42 Å². The molecular formula is C19H26N2O2. The molecule has 0 spiro atoms. The number of piperidine rings is 1. The molecule has 1 saturated heterocycles. The van der Waals surface area contributed by atoms with Gasteiger partial charge in [0.05, 0.1) is 13.2 Å². The molecule has 1 aliphatic heterocycles. The van der Waals surface area contributed by atoms with E-state index < -0.39 is 0 Å². The van der Waals surface area contributed by atoms with E-state index in [0.29, 0.717) is 6.04 Å². The van der Waals surface area contributed by atoms with Crippen LogP contribution in [0.15, 0.2) is 34.9 Å². The van der Waals surface area contributed by atoms with Crippen molar-refractivity contribution < 1.29 is 9.26 Å². The maximum atomic E-state index is 5.32. The molecule has 1 unspecified atom stereocenters. The number of aryl methyl sites for hydroxylation is 1. The Hall–Kier alpha value is -1.81. The second kappa shape index (κ2) is 7.18. The smallest absolute Gasteiger partial charge is 0.133 e. The summed E-state index contributed by atoms with van der Waals surface area (Å²) in [5.74, 6) is 2.60. The maximum absolute atomic E-state index is 5.32. The Morgan fingerprint density at radius 2 is 2.09 bits per heavy atom. The molecule has 4 heteroatoms. The van der Waals surface area contributed by atoms with E-state index in [-0.39, 0.29) is 0 Å². The SMILES string of the molecule is COc1cccc(CC2CCN(C(C)c3cc(C)on3)CC2)c1. The first kappa shape index (κ1) is 16.1. The first-order chi connectivity index (χ1) is 11.2. The van der Waals surface area contributed by atoms with Crippen LogP contribution in [0.4, 0.5) is 0 Å². The van der Waals surface area contributed by atoms with E-state index in [0.717, 1.165) is 42.6 Å². The predicted octanol–water partition coefficient (Wildman–Crippen LogP) is 4.01. The summed E-state index contributed by atoms with van der Waals surface area (Å²) in [6, 6.07) is 10.8. The van der Waals surface area contributed by atoms with E-state index in [1.165, 1.54) is 18.4 Å². The lowest BCUT2D eigenvalue weighted by Crippen LogP contribution is -2.36. The van der Waals surface area contributed by atoms with Crippen LogP contribution in [0, 0.1) is 12.8 Å². The summed E-state index contributed by atoms with van der Waals surface area (Å²) in [5.41, 5.74) is 2.43. The zero-order chi connectivity index (χ0) is 16.2. The van der Waals surface area contributed by atoms with E-state index >= 15 is 0 Å². The topological polar surface area (TPSA) is 38.5 Å². The van der Waals surface area contributed by atoms with Gasteiger partial charge in [-0.25, -0.2) is 0 Å². The Balaban J connectivity index is 1.53. The summed E-state index contributed by atoms with van der Waals surface area (Å²) >= 11 is 0. The van der Waals surface area contributed by atoms with E-state index in [4.69, 9.17) is 9.26 Å². The fourth-order valence-corrected chi connectivity index (χ4v) is 3.45. The fraction of sp³-hybridized carbons (Fsp3) is 0.526. The van der Waals surface area contributed by atoms with Gasteiger partial charge in [-0.1, -0.05) is 17.3 Å². The molecule has 2 aromatic rings. The van der Waals surface area contributed by atoms with Gasteiger partial charge in [0.25, 0.3) is 0 Å². The number of rotatable bonds is 5. The highest BCUT2D eigenvalue weighted by atomic mass is 16.5. The average Bonchev–Trinajstić information content (AvgIpc) is 3.01. The standard InChI is InChI=1S/C19H26N2O2/c1-14-11-19(20-23-14)15(2)21-9-7-16(8-10-21)12-17-5-4-6-18(13-17)22-3/h4-6,11,13,15-16H,7-10,12H2,1-3H3. The fourth-order valence-electron chi connectivity index (χ4n) is 3.45. The third-order valence-electron chi connectivity index (χ3n) is 4.93. The molecule has 23 heavy (non-hydrogen) atoms. The minimum atomic E-state index is 0.338. The number of likely N-dealkylation sites (tertiary alicyclic amines) is 1. The molecule has 4 nitrogen and oxygen atoms in total.